The van der Waals surface area contributed by atoms with E-state index in [9.17, 15) is 0 Å². The highest BCUT2D eigenvalue weighted by Crippen LogP contribution is 2.31. The molecule has 5 heteroatoms. The molecule has 0 atom stereocenters. The molecule has 1 heterocycles. The Morgan fingerprint density at radius 2 is 1.88 bits per heavy atom. The number of aromatic nitrogens is 1. The number of anilines is 1. The summed E-state index contributed by atoms with van der Waals surface area (Å²) in [5.74, 6) is 0.660. The van der Waals surface area contributed by atoms with E-state index in [0.717, 1.165) is 12.8 Å². The molecule has 0 bridgehead atoms. The van der Waals surface area contributed by atoms with Crippen LogP contribution in [-0.2, 0) is 0 Å². The fourth-order valence-electron chi connectivity index (χ4n) is 1.89. The molecular weight excluding hydrogens is 247 g/mol. The van der Waals surface area contributed by atoms with Crippen molar-refractivity contribution in [3.63, 3.8) is 0 Å². The van der Waals surface area contributed by atoms with Gasteiger partial charge in [0, 0.05) is 0 Å². The largest absolute Gasteiger partial charge is 0.473 e. The first-order chi connectivity index (χ1) is 7.66. The molecule has 1 aromatic heterocycles. The molecule has 1 aliphatic rings. The molecule has 2 N–H and O–H groups in total. The predicted molar refractivity (Wildman–Crippen MR) is 66.2 cm³/mol. The van der Waals surface area contributed by atoms with Gasteiger partial charge in [0.2, 0.25) is 5.88 Å². The second-order valence-electron chi connectivity index (χ2n) is 4.02. The predicted octanol–water partition coefficient (Wildman–Crippen LogP) is 3.68. The summed E-state index contributed by atoms with van der Waals surface area (Å²) >= 11 is 11.8. The standard InChI is InChI=1S/C11H14Cl2N2O/c12-8-6-9(13)11(15-10(8)14)16-7-4-2-1-3-5-7/h6-7H,1-5H2,(H2,14,15). The van der Waals surface area contributed by atoms with Crippen LogP contribution in [0.3, 0.4) is 0 Å². The van der Waals surface area contributed by atoms with Crippen molar-refractivity contribution >= 4 is 29.0 Å². The van der Waals surface area contributed by atoms with E-state index >= 15 is 0 Å². The number of nitrogen functional groups attached to an aromatic ring is 1. The quantitative estimate of drug-likeness (QED) is 0.883. The van der Waals surface area contributed by atoms with E-state index in [2.05, 4.69) is 4.98 Å². The number of halogens is 2. The van der Waals surface area contributed by atoms with Crippen molar-refractivity contribution in [3.8, 4) is 5.88 Å². The van der Waals surface area contributed by atoms with Gasteiger partial charge in [-0.15, -0.1) is 0 Å². The van der Waals surface area contributed by atoms with E-state index in [0.29, 0.717) is 15.9 Å². The van der Waals surface area contributed by atoms with Gasteiger partial charge in [0.25, 0.3) is 0 Å². The molecule has 1 aromatic rings. The van der Waals surface area contributed by atoms with Crippen molar-refractivity contribution in [1.82, 2.24) is 4.98 Å². The van der Waals surface area contributed by atoms with E-state index in [1.165, 1.54) is 19.3 Å². The van der Waals surface area contributed by atoms with Gasteiger partial charge in [-0.05, 0) is 31.7 Å². The summed E-state index contributed by atoms with van der Waals surface area (Å²) in [5.41, 5.74) is 5.61. The van der Waals surface area contributed by atoms with Crippen LogP contribution in [0, 0.1) is 0 Å². The van der Waals surface area contributed by atoms with E-state index in [4.69, 9.17) is 33.7 Å². The molecule has 0 saturated heterocycles. The molecule has 0 aromatic carbocycles. The first kappa shape index (κ1) is 11.8. The Labute approximate surface area is 105 Å². The summed E-state index contributed by atoms with van der Waals surface area (Å²) < 4.78 is 5.74. The number of pyridine rings is 1. The lowest BCUT2D eigenvalue weighted by molar-refractivity contribution is 0.149. The number of nitrogens with two attached hydrogens (primary N) is 1. The van der Waals surface area contributed by atoms with Gasteiger partial charge in [0.1, 0.15) is 16.9 Å². The summed E-state index contributed by atoms with van der Waals surface area (Å²) in [5, 5.41) is 0.783. The Balaban J connectivity index is 2.11. The normalized spacial score (nSPS) is 17.4. The Hall–Kier alpha value is -0.670. The van der Waals surface area contributed by atoms with Gasteiger partial charge in [-0.25, -0.2) is 0 Å². The van der Waals surface area contributed by atoms with Crippen molar-refractivity contribution in [2.45, 2.75) is 38.2 Å². The Bertz CT molecular complexity index is 378. The van der Waals surface area contributed by atoms with Crippen LogP contribution in [0.15, 0.2) is 6.07 Å². The van der Waals surface area contributed by atoms with Gasteiger partial charge in [0.15, 0.2) is 0 Å². The number of hydrogen-bond donors (Lipinski definition) is 1. The van der Waals surface area contributed by atoms with Gasteiger partial charge in [-0.2, -0.15) is 4.98 Å². The number of hydrogen-bond acceptors (Lipinski definition) is 3. The zero-order valence-electron chi connectivity index (χ0n) is 8.88. The summed E-state index contributed by atoms with van der Waals surface area (Å²) in [6.45, 7) is 0. The first-order valence-corrected chi connectivity index (χ1v) is 6.20. The SMILES string of the molecule is Nc1nc(OC2CCCCC2)c(Cl)cc1Cl. The molecule has 2 rings (SSSR count). The van der Waals surface area contributed by atoms with E-state index in [1.807, 2.05) is 0 Å². The van der Waals surface area contributed by atoms with Gasteiger partial charge in [-0.1, -0.05) is 29.6 Å². The molecule has 1 aliphatic carbocycles. The molecule has 3 nitrogen and oxygen atoms in total. The molecular formula is C11H14Cl2N2O. The van der Waals surface area contributed by atoms with Crippen LogP contribution in [-0.4, -0.2) is 11.1 Å². The summed E-state index contributed by atoms with van der Waals surface area (Å²) in [6.07, 6.45) is 6.00. The summed E-state index contributed by atoms with van der Waals surface area (Å²) in [7, 11) is 0. The zero-order chi connectivity index (χ0) is 11.5. The maximum atomic E-state index is 5.99. The minimum absolute atomic E-state index is 0.208. The maximum Gasteiger partial charge on any atom is 0.234 e. The minimum Gasteiger partial charge on any atom is -0.473 e. The number of ether oxygens (including phenoxy) is 1. The molecule has 0 radical (unpaired) electrons. The Morgan fingerprint density at radius 3 is 2.56 bits per heavy atom. The molecule has 16 heavy (non-hydrogen) atoms. The second-order valence-corrected chi connectivity index (χ2v) is 4.83. The van der Waals surface area contributed by atoms with Crippen LogP contribution in [0.5, 0.6) is 5.88 Å². The van der Waals surface area contributed by atoms with Crippen LogP contribution in [0.2, 0.25) is 10.0 Å². The molecule has 1 fully saturated rings. The van der Waals surface area contributed by atoms with Crippen molar-refractivity contribution in [2.24, 2.45) is 0 Å². The molecule has 1 saturated carbocycles. The lowest BCUT2D eigenvalue weighted by Gasteiger charge is -2.22. The molecule has 88 valence electrons. The highest BCUT2D eigenvalue weighted by Gasteiger charge is 2.17. The fourth-order valence-corrected chi connectivity index (χ4v) is 2.29. The molecule has 0 aliphatic heterocycles. The highest BCUT2D eigenvalue weighted by atomic mass is 35.5. The van der Waals surface area contributed by atoms with Gasteiger partial charge >= 0.3 is 0 Å². The van der Waals surface area contributed by atoms with E-state index in [-0.39, 0.29) is 11.9 Å². The third-order valence-corrected chi connectivity index (χ3v) is 3.33. The van der Waals surface area contributed by atoms with Gasteiger partial charge in [0.05, 0.1) is 5.02 Å². The third kappa shape index (κ3) is 2.71. The van der Waals surface area contributed by atoms with Crippen molar-refractivity contribution in [1.29, 1.82) is 0 Å². The lowest BCUT2D eigenvalue weighted by atomic mass is 9.98. The average molecular weight is 261 g/mol. The van der Waals surface area contributed by atoms with Crippen LogP contribution in [0.4, 0.5) is 5.82 Å². The van der Waals surface area contributed by atoms with Gasteiger partial charge in [-0.3, -0.25) is 0 Å². The smallest absolute Gasteiger partial charge is 0.234 e. The van der Waals surface area contributed by atoms with Crippen LogP contribution >= 0.6 is 23.2 Å². The summed E-state index contributed by atoms with van der Waals surface area (Å²) in [6, 6.07) is 1.57. The van der Waals surface area contributed by atoms with Gasteiger partial charge < -0.3 is 10.5 Å². The lowest BCUT2D eigenvalue weighted by Crippen LogP contribution is -2.20. The topological polar surface area (TPSA) is 48.1 Å². The number of nitrogens with zero attached hydrogens (tertiary/aromatic N) is 1. The average Bonchev–Trinajstić information content (AvgIpc) is 2.27. The van der Waals surface area contributed by atoms with E-state index in [1.54, 1.807) is 6.07 Å². The Kier molecular flexibility index (Phi) is 3.77. The highest BCUT2D eigenvalue weighted by molar-refractivity contribution is 6.36. The van der Waals surface area contributed by atoms with Crippen molar-refractivity contribution in [3.05, 3.63) is 16.1 Å². The molecule has 0 spiro atoms. The molecule has 0 unspecified atom stereocenters. The van der Waals surface area contributed by atoms with E-state index < -0.39 is 0 Å². The maximum absolute atomic E-state index is 5.99. The third-order valence-electron chi connectivity index (χ3n) is 2.75. The van der Waals surface area contributed by atoms with Crippen molar-refractivity contribution < 1.29 is 4.74 Å². The van der Waals surface area contributed by atoms with Crippen LogP contribution in [0.25, 0.3) is 0 Å². The van der Waals surface area contributed by atoms with Crippen molar-refractivity contribution in [2.75, 3.05) is 5.73 Å². The zero-order valence-corrected chi connectivity index (χ0v) is 10.4. The summed E-state index contributed by atoms with van der Waals surface area (Å²) in [4.78, 5) is 4.06. The second kappa shape index (κ2) is 5.11. The van der Waals surface area contributed by atoms with Crippen LogP contribution in [0.1, 0.15) is 32.1 Å². The fraction of sp³-hybridized carbons (Fsp3) is 0.545. The molecule has 0 amide bonds. The number of rotatable bonds is 2. The monoisotopic (exact) mass is 260 g/mol. The Morgan fingerprint density at radius 1 is 1.19 bits per heavy atom. The first-order valence-electron chi connectivity index (χ1n) is 5.45. The minimum atomic E-state index is 0.208. The van der Waals surface area contributed by atoms with Crippen LogP contribution < -0.4 is 10.5 Å².